The number of carbonyl (C=O) groups excluding carboxylic acids is 1. The van der Waals surface area contributed by atoms with Gasteiger partial charge in [0.05, 0.1) is 6.21 Å². The minimum atomic E-state index is -0.199. The molecule has 0 radical (unpaired) electrons. The van der Waals surface area contributed by atoms with E-state index in [0.717, 1.165) is 17.5 Å². The number of rotatable bonds is 4. The van der Waals surface area contributed by atoms with E-state index in [4.69, 9.17) is 0 Å². The number of hydrogen-bond acceptors (Lipinski definition) is 2. The molecule has 2 aromatic carbocycles. The van der Waals surface area contributed by atoms with Crippen molar-refractivity contribution in [1.82, 2.24) is 5.43 Å². The molecular weight excluding hydrogens is 248 g/mol. The van der Waals surface area contributed by atoms with Crippen molar-refractivity contribution in [2.75, 3.05) is 0 Å². The van der Waals surface area contributed by atoms with Crippen molar-refractivity contribution in [1.29, 1.82) is 0 Å². The molecular formula is C17H18N2O. The van der Waals surface area contributed by atoms with Gasteiger partial charge in [0.15, 0.2) is 0 Å². The van der Waals surface area contributed by atoms with Gasteiger partial charge in [-0.1, -0.05) is 48.9 Å². The van der Waals surface area contributed by atoms with E-state index in [0.29, 0.717) is 5.56 Å². The predicted molar refractivity (Wildman–Crippen MR) is 82.1 cm³/mol. The summed E-state index contributed by atoms with van der Waals surface area (Å²) in [5.74, 6) is -0.199. The molecule has 1 N–H and O–H groups in total. The molecule has 0 bridgehead atoms. The van der Waals surface area contributed by atoms with Crippen molar-refractivity contribution < 1.29 is 4.79 Å². The van der Waals surface area contributed by atoms with Crippen molar-refractivity contribution in [3.05, 3.63) is 70.8 Å². The zero-order chi connectivity index (χ0) is 14.4. The van der Waals surface area contributed by atoms with Gasteiger partial charge in [0.2, 0.25) is 0 Å². The summed E-state index contributed by atoms with van der Waals surface area (Å²) in [5.41, 5.74) is 6.45. The smallest absolute Gasteiger partial charge is 0.267 e. The van der Waals surface area contributed by atoms with Gasteiger partial charge in [-0.05, 0) is 36.6 Å². The molecule has 0 aromatic heterocycles. The second-order valence-electron chi connectivity index (χ2n) is 4.66. The lowest BCUT2D eigenvalue weighted by atomic mass is 10.1. The van der Waals surface area contributed by atoms with Crippen LogP contribution in [0.25, 0.3) is 0 Å². The van der Waals surface area contributed by atoms with Gasteiger partial charge < -0.3 is 0 Å². The molecule has 1 amide bonds. The van der Waals surface area contributed by atoms with E-state index >= 15 is 0 Å². The molecule has 0 atom stereocenters. The zero-order valence-corrected chi connectivity index (χ0v) is 11.8. The first-order valence-electron chi connectivity index (χ1n) is 6.68. The van der Waals surface area contributed by atoms with Gasteiger partial charge in [0.25, 0.3) is 5.91 Å². The van der Waals surface area contributed by atoms with Crippen LogP contribution in [0.5, 0.6) is 0 Å². The highest BCUT2D eigenvalue weighted by atomic mass is 16.2. The Hall–Kier alpha value is -2.42. The average Bonchev–Trinajstić information content (AvgIpc) is 2.48. The van der Waals surface area contributed by atoms with Crippen LogP contribution in [0.4, 0.5) is 0 Å². The van der Waals surface area contributed by atoms with Crippen LogP contribution in [0, 0.1) is 6.92 Å². The Labute approximate surface area is 119 Å². The SMILES string of the molecule is CCc1ccc(/C=N/NC(=O)c2cccc(C)c2)cc1. The third-order valence-electron chi connectivity index (χ3n) is 3.05. The first kappa shape index (κ1) is 14.0. The molecule has 2 aromatic rings. The number of benzene rings is 2. The Morgan fingerprint density at radius 1 is 1.20 bits per heavy atom. The molecule has 0 saturated carbocycles. The summed E-state index contributed by atoms with van der Waals surface area (Å²) in [6.45, 7) is 4.07. The van der Waals surface area contributed by atoms with Crippen molar-refractivity contribution in [2.24, 2.45) is 5.10 Å². The highest BCUT2D eigenvalue weighted by molar-refractivity contribution is 5.95. The van der Waals surface area contributed by atoms with E-state index in [1.54, 1.807) is 12.3 Å². The quantitative estimate of drug-likeness (QED) is 0.669. The van der Waals surface area contributed by atoms with Gasteiger partial charge in [0, 0.05) is 5.56 Å². The molecule has 0 aliphatic carbocycles. The number of amides is 1. The molecule has 0 fully saturated rings. The summed E-state index contributed by atoms with van der Waals surface area (Å²) in [5, 5.41) is 3.98. The molecule has 0 saturated heterocycles. The fourth-order valence-electron chi connectivity index (χ4n) is 1.86. The van der Waals surface area contributed by atoms with Crippen molar-refractivity contribution in [2.45, 2.75) is 20.3 Å². The van der Waals surface area contributed by atoms with Gasteiger partial charge in [-0.15, -0.1) is 0 Å². The molecule has 3 heteroatoms. The number of nitrogens with one attached hydrogen (secondary N) is 1. The molecule has 20 heavy (non-hydrogen) atoms. The normalized spacial score (nSPS) is 10.7. The van der Waals surface area contributed by atoms with E-state index in [1.807, 2.05) is 37.3 Å². The van der Waals surface area contributed by atoms with Gasteiger partial charge in [-0.3, -0.25) is 4.79 Å². The van der Waals surface area contributed by atoms with E-state index < -0.39 is 0 Å². The van der Waals surface area contributed by atoms with Crippen LogP contribution in [-0.4, -0.2) is 12.1 Å². The summed E-state index contributed by atoms with van der Waals surface area (Å²) in [7, 11) is 0. The third kappa shape index (κ3) is 3.79. The molecule has 2 rings (SSSR count). The molecule has 102 valence electrons. The Balaban J connectivity index is 1.97. The number of hydrogen-bond donors (Lipinski definition) is 1. The van der Waals surface area contributed by atoms with Crippen LogP contribution in [0.2, 0.25) is 0 Å². The van der Waals surface area contributed by atoms with Gasteiger partial charge in [-0.25, -0.2) is 5.43 Å². The number of nitrogens with zero attached hydrogens (tertiary/aromatic N) is 1. The zero-order valence-electron chi connectivity index (χ0n) is 11.8. The average molecular weight is 266 g/mol. The Kier molecular flexibility index (Phi) is 4.66. The van der Waals surface area contributed by atoms with Crippen LogP contribution < -0.4 is 5.43 Å². The Morgan fingerprint density at radius 3 is 2.60 bits per heavy atom. The van der Waals surface area contributed by atoms with Crippen molar-refractivity contribution in [3.63, 3.8) is 0 Å². The van der Waals surface area contributed by atoms with Crippen LogP contribution >= 0.6 is 0 Å². The molecule has 0 heterocycles. The molecule has 0 aliphatic rings. The minimum absolute atomic E-state index is 0.199. The largest absolute Gasteiger partial charge is 0.271 e. The lowest BCUT2D eigenvalue weighted by Crippen LogP contribution is -2.17. The van der Waals surface area contributed by atoms with Crippen LogP contribution in [0.1, 0.15) is 34.0 Å². The highest BCUT2D eigenvalue weighted by Gasteiger charge is 2.02. The second-order valence-corrected chi connectivity index (χ2v) is 4.66. The highest BCUT2D eigenvalue weighted by Crippen LogP contribution is 2.04. The standard InChI is InChI=1S/C17H18N2O/c1-3-14-7-9-15(10-8-14)12-18-19-17(20)16-6-4-5-13(2)11-16/h4-12H,3H2,1-2H3,(H,19,20)/b18-12+. The first-order chi connectivity index (χ1) is 9.69. The third-order valence-corrected chi connectivity index (χ3v) is 3.05. The second kappa shape index (κ2) is 6.66. The molecule has 3 nitrogen and oxygen atoms in total. The molecule has 0 aliphatic heterocycles. The van der Waals surface area contributed by atoms with Gasteiger partial charge in [0.1, 0.15) is 0 Å². The van der Waals surface area contributed by atoms with Gasteiger partial charge in [-0.2, -0.15) is 5.10 Å². The fraction of sp³-hybridized carbons (Fsp3) is 0.176. The summed E-state index contributed by atoms with van der Waals surface area (Å²) >= 11 is 0. The van der Waals surface area contributed by atoms with Crippen LogP contribution in [0.3, 0.4) is 0 Å². The maximum Gasteiger partial charge on any atom is 0.271 e. The lowest BCUT2D eigenvalue weighted by molar-refractivity contribution is 0.0955. The monoisotopic (exact) mass is 266 g/mol. The summed E-state index contributed by atoms with van der Waals surface area (Å²) in [6, 6.07) is 15.5. The first-order valence-corrected chi connectivity index (χ1v) is 6.68. The number of hydrazone groups is 1. The molecule has 0 spiro atoms. The van der Waals surface area contributed by atoms with Crippen LogP contribution in [-0.2, 0) is 6.42 Å². The Morgan fingerprint density at radius 2 is 1.95 bits per heavy atom. The minimum Gasteiger partial charge on any atom is -0.267 e. The maximum atomic E-state index is 11.9. The maximum absolute atomic E-state index is 11.9. The van der Waals surface area contributed by atoms with E-state index in [2.05, 4.69) is 29.6 Å². The summed E-state index contributed by atoms with van der Waals surface area (Å²) in [6.07, 6.45) is 2.66. The van der Waals surface area contributed by atoms with E-state index in [-0.39, 0.29) is 5.91 Å². The van der Waals surface area contributed by atoms with Crippen LogP contribution in [0.15, 0.2) is 53.6 Å². The number of carbonyl (C=O) groups is 1. The van der Waals surface area contributed by atoms with E-state index in [1.165, 1.54) is 5.56 Å². The topological polar surface area (TPSA) is 41.5 Å². The summed E-state index contributed by atoms with van der Waals surface area (Å²) in [4.78, 5) is 11.9. The lowest BCUT2D eigenvalue weighted by Gasteiger charge is -2.01. The van der Waals surface area contributed by atoms with Gasteiger partial charge >= 0.3 is 0 Å². The fourth-order valence-corrected chi connectivity index (χ4v) is 1.86. The van der Waals surface area contributed by atoms with E-state index in [9.17, 15) is 4.79 Å². The van der Waals surface area contributed by atoms with Crippen molar-refractivity contribution in [3.8, 4) is 0 Å². The number of aryl methyl sites for hydroxylation is 2. The molecule has 0 unspecified atom stereocenters. The van der Waals surface area contributed by atoms with Crippen molar-refractivity contribution >= 4 is 12.1 Å². The Bertz CT molecular complexity index is 615. The predicted octanol–water partition coefficient (Wildman–Crippen LogP) is 3.32. The summed E-state index contributed by atoms with van der Waals surface area (Å²) < 4.78 is 0.